The normalized spacial score (nSPS) is 10.9. The van der Waals surface area contributed by atoms with Crippen LogP contribution in [0.4, 0.5) is 0 Å². The van der Waals surface area contributed by atoms with Crippen molar-refractivity contribution in [1.29, 1.82) is 0 Å². The van der Waals surface area contributed by atoms with Gasteiger partial charge in [0.2, 0.25) is 0 Å². The molecule has 3 rings (SSSR count). The minimum atomic E-state index is -0.218. The van der Waals surface area contributed by atoms with Crippen LogP contribution in [0.15, 0.2) is 28.4 Å². The summed E-state index contributed by atoms with van der Waals surface area (Å²) in [6.45, 7) is 0. The van der Waals surface area contributed by atoms with Gasteiger partial charge in [-0.15, -0.1) is 10.2 Å². The van der Waals surface area contributed by atoms with Gasteiger partial charge in [-0.1, -0.05) is 11.8 Å². The summed E-state index contributed by atoms with van der Waals surface area (Å²) in [4.78, 5) is 19.5. The molecule has 3 aromatic rings. The van der Waals surface area contributed by atoms with Crippen molar-refractivity contribution in [3.63, 3.8) is 0 Å². The first-order chi connectivity index (χ1) is 11.1. The summed E-state index contributed by atoms with van der Waals surface area (Å²) in [7, 11) is 4.93. The number of aryl methyl sites for hydroxylation is 1. The van der Waals surface area contributed by atoms with Crippen molar-refractivity contribution in [2.24, 2.45) is 7.05 Å². The van der Waals surface area contributed by atoms with Crippen LogP contribution in [0, 0.1) is 0 Å². The van der Waals surface area contributed by atoms with Crippen molar-refractivity contribution in [3.05, 3.63) is 34.6 Å². The molecule has 1 N–H and O–H groups in total. The summed E-state index contributed by atoms with van der Waals surface area (Å²) >= 11 is 1.44. The van der Waals surface area contributed by atoms with E-state index in [1.807, 2.05) is 7.05 Å². The maximum absolute atomic E-state index is 12.3. The Morgan fingerprint density at radius 3 is 2.65 bits per heavy atom. The van der Waals surface area contributed by atoms with E-state index in [2.05, 4.69) is 20.2 Å². The van der Waals surface area contributed by atoms with Crippen molar-refractivity contribution in [2.75, 3.05) is 14.2 Å². The summed E-state index contributed by atoms with van der Waals surface area (Å²) in [6, 6.07) is 3.32. The zero-order chi connectivity index (χ0) is 16.4. The molecule has 0 saturated carbocycles. The number of ether oxygens (including phenoxy) is 2. The van der Waals surface area contributed by atoms with E-state index in [1.165, 1.54) is 18.9 Å². The Morgan fingerprint density at radius 2 is 2.00 bits per heavy atom. The predicted molar refractivity (Wildman–Crippen MR) is 86.0 cm³/mol. The zero-order valence-electron chi connectivity index (χ0n) is 12.9. The number of nitrogens with zero attached hydrogens (tertiary/aromatic N) is 4. The van der Waals surface area contributed by atoms with Gasteiger partial charge < -0.3 is 19.0 Å². The fraction of sp³-hybridized carbons (Fsp3) is 0.286. The molecule has 0 amide bonds. The molecule has 23 heavy (non-hydrogen) atoms. The number of methoxy groups -OCH3 is 2. The van der Waals surface area contributed by atoms with E-state index >= 15 is 0 Å². The second-order valence-corrected chi connectivity index (χ2v) is 5.69. The first-order valence-corrected chi connectivity index (χ1v) is 7.72. The predicted octanol–water partition coefficient (Wildman–Crippen LogP) is 1.36. The molecule has 1 aromatic carbocycles. The molecule has 0 aliphatic rings. The van der Waals surface area contributed by atoms with E-state index in [1.54, 1.807) is 30.1 Å². The van der Waals surface area contributed by atoms with Gasteiger partial charge in [-0.2, -0.15) is 0 Å². The van der Waals surface area contributed by atoms with Gasteiger partial charge in [0.1, 0.15) is 12.2 Å². The minimum absolute atomic E-state index is 0.218. The Morgan fingerprint density at radius 1 is 1.26 bits per heavy atom. The lowest BCUT2D eigenvalue weighted by Gasteiger charge is -2.09. The van der Waals surface area contributed by atoms with Crippen LogP contribution in [0.1, 0.15) is 5.82 Å². The maximum atomic E-state index is 12.3. The number of aromatic nitrogens is 5. The summed E-state index contributed by atoms with van der Waals surface area (Å²) in [5, 5.41) is 9.00. The molecule has 9 heteroatoms. The molecule has 2 heterocycles. The van der Waals surface area contributed by atoms with Gasteiger partial charge in [0.25, 0.3) is 5.56 Å². The molecular formula is C14H15N5O3S. The molecular weight excluding hydrogens is 318 g/mol. The van der Waals surface area contributed by atoms with Crippen LogP contribution in [0.2, 0.25) is 0 Å². The third-order valence-corrected chi connectivity index (χ3v) is 4.31. The molecule has 0 aliphatic heterocycles. The van der Waals surface area contributed by atoms with Gasteiger partial charge >= 0.3 is 0 Å². The number of rotatable bonds is 5. The Hall–Kier alpha value is -2.55. The maximum Gasteiger partial charge on any atom is 0.258 e. The van der Waals surface area contributed by atoms with Crippen LogP contribution in [-0.4, -0.2) is 39.0 Å². The first-order valence-electron chi connectivity index (χ1n) is 6.74. The van der Waals surface area contributed by atoms with Crippen LogP contribution in [0.5, 0.6) is 11.5 Å². The minimum Gasteiger partial charge on any atom is -0.493 e. The lowest BCUT2D eigenvalue weighted by molar-refractivity contribution is 0.355. The average molecular weight is 333 g/mol. The van der Waals surface area contributed by atoms with Crippen molar-refractivity contribution in [2.45, 2.75) is 10.9 Å². The second-order valence-electron chi connectivity index (χ2n) is 4.75. The summed E-state index contributed by atoms with van der Waals surface area (Å²) < 4.78 is 12.3. The van der Waals surface area contributed by atoms with E-state index in [-0.39, 0.29) is 5.56 Å². The average Bonchev–Trinajstić information content (AvgIpc) is 2.97. The lowest BCUT2D eigenvalue weighted by Crippen LogP contribution is -2.12. The van der Waals surface area contributed by atoms with Crippen molar-refractivity contribution < 1.29 is 9.47 Å². The number of fused-ring (bicyclic) bond motifs is 1. The van der Waals surface area contributed by atoms with E-state index in [4.69, 9.17) is 9.47 Å². The standard InChI is InChI=1S/C14H15N5O3S/c1-19-7-15-18-14(19)23-6-12-16-9-5-11(22-3)10(21-2)4-8(9)13(20)17-12/h4-5,7H,6H2,1-3H3,(H,16,17,20). The molecule has 0 spiro atoms. The molecule has 8 nitrogen and oxygen atoms in total. The van der Waals surface area contributed by atoms with E-state index in [0.29, 0.717) is 34.0 Å². The van der Waals surface area contributed by atoms with Crippen LogP contribution in [-0.2, 0) is 12.8 Å². The van der Waals surface area contributed by atoms with E-state index < -0.39 is 0 Å². The highest BCUT2D eigenvalue weighted by Crippen LogP contribution is 2.30. The van der Waals surface area contributed by atoms with E-state index in [9.17, 15) is 4.79 Å². The Labute approximate surface area is 135 Å². The number of hydrogen-bond acceptors (Lipinski definition) is 7. The number of thioether (sulfide) groups is 1. The van der Waals surface area contributed by atoms with Crippen molar-refractivity contribution in [3.8, 4) is 11.5 Å². The molecule has 0 atom stereocenters. The monoisotopic (exact) mass is 333 g/mol. The summed E-state index contributed by atoms with van der Waals surface area (Å²) in [5.41, 5.74) is 0.337. The Bertz CT molecular complexity index is 905. The number of benzene rings is 1. The molecule has 0 unspecified atom stereocenters. The highest BCUT2D eigenvalue weighted by Gasteiger charge is 2.11. The number of H-pyrrole nitrogens is 1. The van der Waals surface area contributed by atoms with Crippen LogP contribution < -0.4 is 15.0 Å². The van der Waals surface area contributed by atoms with Gasteiger partial charge in [0.15, 0.2) is 16.7 Å². The third kappa shape index (κ3) is 3.00. The van der Waals surface area contributed by atoms with Crippen LogP contribution in [0.3, 0.4) is 0 Å². The smallest absolute Gasteiger partial charge is 0.258 e. The first kappa shape index (κ1) is 15.3. The van der Waals surface area contributed by atoms with Gasteiger partial charge in [0, 0.05) is 13.1 Å². The lowest BCUT2D eigenvalue weighted by atomic mass is 10.2. The highest BCUT2D eigenvalue weighted by molar-refractivity contribution is 7.98. The molecule has 0 radical (unpaired) electrons. The van der Waals surface area contributed by atoms with Gasteiger partial charge in [-0.05, 0) is 6.07 Å². The van der Waals surface area contributed by atoms with Crippen molar-refractivity contribution in [1.82, 2.24) is 24.7 Å². The zero-order valence-corrected chi connectivity index (χ0v) is 13.7. The SMILES string of the molecule is COc1cc2nc(CSc3nncn3C)[nH]c(=O)c2cc1OC. The van der Waals surface area contributed by atoms with Crippen LogP contribution in [0.25, 0.3) is 10.9 Å². The van der Waals surface area contributed by atoms with E-state index in [0.717, 1.165) is 5.16 Å². The molecule has 0 bridgehead atoms. The molecule has 0 aliphatic carbocycles. The highest BCUT2D eigenvalue weighted by atomic mass is 32.2. The number of aromatic amines is 1. The topological polar surface area (TPSA) is 94.9 Å². The Balaban J connectivity index is 1.96. The van der Waals surface area contributed by atoms with Gasteiger partial charge in [0.05, 0.1) is 30.9 Å². The summed E-state index contributed by atoms with van der Waals surface area (Å²) in [5.74, 6) is 2.06. The van der Waals surface area contributed by atoms with Crippen LogP contribution >= 0.6 is 11.8 Å². The van der Waals surface area contributed by atoms with Gasteiger partial charge in [-0.3, -0.25) is 4.79 Å². The largest absolute Gasteiger partial charge is 0.493 e. The number of nitrogens with one attached hydrogen (secondary N) is 1. The third-order valence-electron chi connectivity index (χ3n) is 3.27. The van der Waals surface area contributed by atoms with Gasteiger partial charge in [-0.25, -0.2) is 4.98 Å². The molecule has 120 valence electrons. The molecule has 2 aromatic heterocycles. The fourth-order valence-corrected chi connectivity index (χ4v) is 2.88. The Kier molecular flexibility index (Phi) is 4.20. The molecule has 0 fully saturated rings. The quantitative estimate of drug-likeness (QED) is 0.704. The summed E-state index contributed by atoms with van der Waals surface area (Å²) in [6.07, 6.45) is 1.62. The number of hydrogen-bond donors (Lipinski definition) is 1. The molecule has 0 saturated heterocycles. The van der Waals surface area contributed by atoms with Crippen molar-refractivity contribution >= 4 is 22.7 Å². The second kappa shape index (κ2) is 6.29. The fourth-order valence-electron chi connectivity index (χ4n) is 2.12.